The lowest BCUT2D eigenvalue weighted by Crippen LogP contribution is -1.94. The topological polar surface area (TPSA) is 46.5 Å². The maximum atomic E-state index is 13.6. The van der Waals surface area contributed by atoms with Crippen molar-refractivity contribution in [2.45, 2.75) is 6.92 Å². The van der Waals surface area contributed by atoms with Gasteiger partial charge >= 0.3 is 0 Å². The van der Waals surface area contributed by atoms with E-state index in [2.05, 4.69) is 15.5 Å². The van der Waals surface area contributed by atoms with E-state index in [4.69, 9.17) is 16.3 Å². The van der Waals surface area contributed by atoms with Crippen LogP contribution in [0.15, 0.2) is 22.6 Å². The van der Waals surface area contributed by atoms with Gasteiger partial charge in [-0.15, -0.1) is 11.3 Å². The molecule has 0 radical (unpaired) electrons. The third-order valence-corrected chi connectivity index (χ3v) is 3.36. The second-order valence-electron chi connectivity index (χ2n) is 3.68. The van der Waals surface area contributed by atoms with Crippen molar-refractivity contribution in [1.82, 2.24) is 4.98 Å². The van der Waals surface area contributed by atoms with Crippen LogP contribution in [0.1, 0.15) is 11.3 Å². The molecule has 0 amide bonds. The van der Waals surface area contributed by atoms with Gasteiger partial charge in [0.15, 0.2) is 11.6 Å². The number of halogens is 2. The van der Waals surface area contributed by atoms with E-state index in [0.717, 1.165) is 5.69 Å². The molecule has 0 aliphatic heterocycles. The number of hydrogen-bond acceptors (Lipinski definition) is 5. The first-order valence-electron chi connectivity index (χ1n) is 5.34. The molecule has 0 saturated heterocycles. The Morgan fingerprint density at radius 1 is 1.53 bits per heavy atom. The normalized spacial score (nSPS) is 10.9. The number of nitrogens with zero attached hydrogens (tertiary/aromatic N) is 2. The van der Waals surface area contributed by atoms with Gasteiger partial charge in [-0.1, -0.05) is 11.6 Å². The van der Waals surface area contributed by atoms with Gasteiger partial charge in [0.25, 0.3) is 0 Å². The molecule has 0 spiro atoms. The smallest absolute Gasteiger partial charge is 0.203 e. The molecular formula is C12H11ClFN3OS. The highest BCUT2D eigenvalue weighted by Gasteiger charge is 2.08. The second kappa shape index (κ2) is 5.99. The van der Waals surface area contributed by atoms with Crippen LogP contribution in [0.3, 0.4) is 0 Å². The van der Waals surface area contributed by atoms with Crippen molar-refractivity contribution in [2.24, 2.45) is 5.10 Å². The molecule has 2 rings (SSSR count). The molecular weight excluding hydrogens is 289 g/mol. The van der Waals surface area contributed by atoms with Crippen molar-refractivity contribution in [2.75, 3.05) is 12.5 Å². The average molecular weight is 300 g/mol. The second-order valence-corrected chi connectivity index (χ2v) is 4.95. The number of methoxy groups -OCH3 is 1. The molecule has 1 aromatic carbocycles. The summed E-state index contributed by atoms with van der Waals surface area (Å²) in [5.74, 6) is -0.496. The van der Waals surface area contributed by atoms with E-state index in [-0.39, 0.29) is 10.8 Å². The molecule has 2 aromatic rings. The number of benzene rings is 1. The SMILES string of the molecule is COc1c(F)cc(C=NNc2nc(C)cs2)cc1Cl. The molecule has 0 atom stereocenters. The zero-order valence-electron chi connectivity index (χ0n) is 10.3. The lowest BCUT2D eigenvalue weighted by atomic mass is 10.2. The summed E-state index contributed by atoms with van der Waals surface area (Å²) < 4.78 is 18.4. The van der Waals surface area contributed by atoms with Crippen LogP contribution in [-0.4, -0.2) is 18.3 Å². The first-order chi connectivity index (χ1) is 9.10. The molecule has 100 valence electrons. The quantitative estimate of drug-likeness (QED) is 0.691. The summed E-state index contributed by atoms with van der Waals surface area (Å²) in [4.78, 5) is 4.18. The summed E-state index contributed by atoms with van der Waals surface area (Å²) in [6, 6.07) is 2.87. The third kappa shape index (κ3) is 3.42. The van der Waals surface area contributed by atoms with Crippen LogP contribution in [0.4, 0.5) is 9.52 Å². The fourth-order valence-electron chi connectivity index (χ4n) is 1.42. The highest BCUT2D eigenvalue weighted by atomic mass is 35.5. The molecule has 0 aliphatic rings. The minimum atomic E-state index is -0.526. The lowest BCUT2D eigenvalue weighted by molar-refractivity contribution is 0.387. The van der Waals surface area contributed by atoms with Crippen molar-refractivity contribution < 1.29 is 9.13 Å². The average Bonchev–Trinajstić information content (AvgIpc) is 2.75. The Hall–Kier alpha value is -1.66. The first-order valence-corrected chi connectivity index (χ1v) is 6.60. The third-order valence-electron chi connectivity index (χ3n) is 2.22. The van der Waals surface area contributed by atoms with E-state index >= 15 is 0 Å². The van der Waals surface area contributed by atoms with Gasteiger partial charge in [0, 0.05) is 5.38 Å². The van der Waals surface area contributed by atoms with Crippen LogP contribution in [0.5, 0.6) is 5.75 Å². The summed E-state index contributed by atoms with van der Waals surface area (Å²) in [6.45, 7) is 1.89. The van der Waals surface area contributed by atoms with Crippen molar-refractivity contribution in [3.8, 4) is 5.75 Å². The number of thiazole rings is 1. The number of anilines is 1. The summed E-state index contributed by atoms with van der Waals surface area (Å²) in [5.41, 5.74) is 4.21. The lowest BCUT2D eigenvalue weighted by Gasteiger charge is -2.04. The summed E-state index contributed by atoms with van der Waals surface area (Å²) in [5, 5.41) is 6.75. The molecule has 1 N–H and O–H groups in total. The molecule has 7 heteroatoms. The van der Waals surface area contributed by atoms with E-state index < -0.39 is 5.82 Å². The number of hydrogen-bond donors (Lipinski definition) is 1. The molecule has 19 heavy (non-hydrogen) atoms. The summed E-state index contributed by atoms with van der Waals surface area (Å²) in [6.07, 6.45) is 1.46. The number of hydrazone groups is 1. The van der Waals surface area contributed by atoms with Crippen molar-refractivity contribution in [3.05, 3.63) is 39.6 Å². The van der Waals surface area contributed by atoms with Crippen LogP contribution >= 0.6 is 22.9 Å². The maximum Gasteiger partial charge on any atom is 0.203 e. The summed E-state index contributed by atoms with van der Waals surface area (Å²) >= 11 is 7.32. The van der Waals surface area contributed by atoms with Gasteiger partial charge < -0.3 is 4.74 Å². The number of ether oxygens (including phenoxy) is 1. The molecule has 0 fully saturated rings. The van der Waals surface area contributed by atoms with Crippen LogP contribution in [0.2, 0.25) is 5.02 Å². The molecule has 1 aromatic heterocycles. The van der Waals surface area contributed by atoms with Crippen LogP contribution in [0, 0.1) is 12.7 Å². The standard InChI is InChI=1S/C12H11ClFN3OS/c1-7-6-19-12(16-7)17-15-5-8-3-9(13)11(18-2)10(14)4-8/h3-6H,1-2H3,(H,16,17). The van der Waals surface area contributed by atoms with E-state index in [9.17, 15) is 4.39 Å². The Bertz CT molecular complexity index is 592. The Balaban J connectivity index is 2.11. The van der Waals surface area contributed by atoms with Crippen molar-refractivity contribution in [1.29, 1.82) is 0 Å². The molecule has 1 heterocycles. The molecule has 4 nitrogen and oxygen atoms in total. The van der Waals surface area contributed by atoms with E-state index in [1.807, 2.05) is 12.3 Å². The fraction of sp³-hybridized carbons (Fsp3) is 0.167. The van der Waals surface area contributed by atoms with Gasteiger partial charge in [-0.05, 0) is 24.6 Å². The van der Waals surface area contributed by atoms with Crippen LogP contribution < -0.4 is 10.2 Å². The zero-order valence-corrected chi connectivity index (χ0v) is 11.8. The van der Waals surface area contributed by atoms with Crippen LogP contribution in [0.25, 0.3) is 0 Å². The predicted octanol–water partition coefficient (Wildman–Crippen LogP) is 3.70. The van der Waals surface area contributed by atoms with Gasteiger partial charge in [0.2, 0.25) is 5.13 Å². The van der Waals surface area contributed by atoms with Gasteiger partial charge in [-0.25, -0.2) is 9.37 Å². The van der Waals surface area contributed by atoms with E-state index in [1.54, 1.807) is 6.07 Å². The largest absolute Gasteiger partial charge is 0.492 e. The predicted molar refractivity (Wildman–Crippen MR) is 76.0 cm³/mol. The van der Waals surface area contributed by atoms with Crippen molar-refractivity contribution >= 4 is 34.3 Å². The highest BCUT2D eigenvalue weighted by Crippen LogP contribution is 2.28. The number of aromatic nitrogens is 1. The molecule has 0 unspecified atom stereocenters. The Labute approximate surface area is 118 Å². The van der Waals surface area contributed by atoms with Crippen molar-refractivity contribution in [3.63, 3.8) is 0 Å². The van der Waals surface area contributed by atoms with Gasteiger partial charge in [-0.3, -0.25) is 5.43 Å². The Morgan fingerprint density at radius 2 is 2.32 bits per heavy atom. The van der Waals surface area contributed by atoms with E-state index in [1.165, 1.54) is 30.7 Å². The summed E-state index contributed by atoms with van der Waals surface area (Å²) in [7, 11) is 1.37. The molecule has 0 saturated carbocycles. The molecule has 0 aliphatic carbocycles. The van der Waals surface area contributed by atoms with Gasteiger partial charge in [-0.2, -0.15) is 5.10 Å². The van der Waals surface area contributed by atoms with Gasteiger partial charge in [0.1, 0.15) is 0 Å². The minimum absolute atomic E-state index is 0.0299. The Kier molecular flexibility index (Phi) is 4.34. The minimum Gasteiger partial charge on any atom is -0.492 e. The fourth-order valence-corrected chi connectivity index (χ4v) is 2.35. The van der Waals surface area contributed by atoms with E-state index in [0.29, 0.717) is 10.7 Å². The number of nitrogens with one attached hydrogen (secondary N) is 1. The molecule has 0 bridgehead atoms. The highest BCUT2D eigenvalue weighted by molar-refractivity contribution is 7.13. The monoisotopic (exact) mass is 299 g/mol. The van der Waals surface area contributed by atoms with Crippen LogP contribution in [-0.2, 0) is 0 Å². The number of rotatable bonds is 4. The first kappa shape index (κ1) is 13.8. The van der Waals surface area contributed by atoms with Gasteiger partial charge in [0.05, 0.1) is 24.0 Å². The Morgan fingerprint density at radius 3 is 2.89 bits per heavy atom. The zero-order chi connectivity index (χ0) is 13.8. The maximum absolute atomic E-state index is 13.6. The number of aryl methyl sites for hydroxylation is 1.